The summed E-state index contributed by atoms with van der Waals surface area (Å²) < 4.78 is 0. The van der Waals surface area contributed by atoms with Crippen molar-refractivity contribution in [1.29, 1.82) is 0 Å². The van der Waals surface area contributed by atoms with Crippen LogP contribution in [0.1, 0.15) is 73.7 Å². The molecule has 1 atom stereocenters. The van der Waals surface area contributed by atoms with Gasteiger partial charge in [0.25, 0.3) is 5.91 Å². The van der Waals surface area contributed by atoms with Gasteiger partial charge in [-0.1, -0.05) is 23.8 Å². The molecule has 1 heterocycles. The molecule has 0 radical (unpaired) electrons. The molecule has 1 aliphatic carbocycles. The summed E-state index contributed by atoms with van der Waals surface area (Å²) in [6.07, 6.45) is 10.3. The number of hydrogen-bond donors (Lipinski definition) is 2. The Morgan fingerprint density at radius 1 is 1.18 bits per heavy atom. The normalized spacial score (nSPS) is 19.7. The second-order valence-corrected chi connectivity index (χ2v) is 7.86. The number of rotatable bonds is 6. The van der Waals surface area contributed by atoms with Gasteiger partial charge in [-0.25, -0.2) is 4.79 Å². The standard InChI is InChI=1S/C23H33N3O2/c1-2-24-23(28)26-15-7-12-21(17-26)19-10-6-11-20(16-19)22(27)25-14-13-18-8-4-3-5-9-18/h6,8,10-11,16,21H,2-5,7,9,12-15,17H2,1H3,(H,24,28)(H,25,27)/t21-/m0/s1. The van der Waals surface area contributed by atoms with Gasteiger partial charge < -0.3 is 15.5 Å². The zero-order valence-electron chi connectivity index (χ0n) is 17.0. The highest BCUT2D eigenvalue weighted by Gasteiger charge is 2.24. The van der Waals surface area contributed by atoms with E-state index < -0.39 is 0 Å². The van der Waals surface area contributed by atoms with Crippen LogP contribution in [0.2, 0.25) is 0 Å². The lowest BCUT2D eigenvalue weighted by atomic mass is 9.89. The molecule has 3 rings (SSSR count). The fourth-order valence-corrected chi connectivity index (χ4v) is 4.20. The minimum atomic E-state index is -0.00495. The van der Waals surface area contributed by atoms with Crippen LogP contribution in [0.4, 0.5) is 4.79 Å². The third kappa shape index (κ3) is 5.60. The summed E-state index contributed by atoms with van der Waals surface area (Å²) in [5.41, 5.74) is 3.34. The van der Waals surface area contributed by atoms with E-state index in [0.29, 0.717) is 25.2 Å². The van der Waals surface area contributed by atoms with E-state index in [1.165, 1.54) is 31.3 Å². The third-order valence-electron chi connectivity index (χ3n) is 5.77. The number of carbonyl (C=O) groups is 2. The fraction of sp³-hybridized carbons (Fsp3) is 0.565. The van der Waals surface area contributed by atoms with Crippen molar-refractivity contribution in [2.24, 2.45) is 0 Å². The predicted octanol–water partition coefficient (Wildman–Crippen LogP) is 4.22. The van der Waals surface area contributed by atoms with Crippen molar-refractivity contribution in [2.45, 2.75) is 57.8 Å². The predicted molar refractivity (Wildman–Crippen MR) is 113 cm³/mol. The zero-order valence-corrected chi connectivity index (χ0v) is 17.0. The van der Waals surface area contributed by atoms with Gasteiger partial charge in [0.05, 0.1) is 0 Å². The highest BCUT2D eigenvalue weighted by atomic mass is 16.2. The fourth-order valence-electron chi connectivity index (χ4n) is 4.20. The molecule has 5 heteroatoms. The summed E-state index contributed by atoms with van der Waals surface area (Å²) in [7, 11) is 0. The topological polar surface area (TPSA) is 61.4 Å². The van der Waals surface area contributed by atoms with Gasteiger partial charge in [-0.15, -0.1) is 0 Å². The van der Waals surface area contributed by atoms with Crippen LogP contribution in [0, 0.1) is 0 Å². The Balaban J connectivity index is 1.56. The van der Waals surface area contributed by atoms with Crippen molar-refractivity contribution in [2.75, 3.05) is 26.2 Å². The summed E-state index contributed by atoms with van der Waals surface area (Å²) in [6.45, 7) is 4.80. The Morgan fingerprint density at radius 3 is 2.86 bits per heavy atom. The Hall–Kier alpha value is -2.30. The maximum Gasteiger partial charge on any atom is 0.317 e. The van der Waals surface area contributed by atoms with Crippen LogP contribution >= 0.6 is 0 Å². The van der Waals surface area contributed by atoms with E-state index in [4.69, 9.17) is 0 Å². The molecule has 0 aromatic heterocycles. The Labute approximate surface area is 168 Å². The van der Waals surface area contributed by atoms with E-state index in [2.05, 4.69) is 22.8 Å². The lowest BCUT2D eigenvalue weighted by Gasteiger charge is -2.33. The van der Waals surface area contributed by atoms with E-state index in [1.54, 1.807) is 0 Å². The number of amides is 3. The lowest BCUT2D eigenvalue weighted by molar-refractivity contribution is 0.0953. The molecule has 1 aliphatic heterocycles. The molecule has 0 saturated carbocycles. The van der Waals surface area contributed by atoms with E-state index in [9.17, 15) is 9.59 Å². The summed E-state index contributed by atoms with van der Waals surface area (Å²) in [4.78, 5) is 26.6. The van der Waals surface area contributed by atoms with Crippen LogP contribution in [0.25, 0.3) is 0 Å². The van der Waals surface area contributed by atoms with Gasteiger partial charge in [0, 0.05) is 37.7 Å². The van der Waals surface area contributed by atoms with Crippen LogP contribution in [0.3, 0.4) is 0 Å². The quantitative estimate of drug-likeness (QED) is 0.723. The Kier molecular flexibility index (Phi) is 7.52. The molecule has 2 N–H and O–H groups in total. The molecule has 1 aromatic carbocycles. The number of nitrogens with one attached hydrogen (secondary N) is 2. The molecule has 3 amide bonds. The monoisotopic (exact) mass is 383 g/mol. The summed E-state index contributed by atoms with van der Waals surface area (Å²) >= 11 is 0. The maximum atomic E-state index is 12.6. The molecule has 1 fully saturated rings. The first-order valence-corrected chi connectivity index (χ1v) is 10.8. The second kappa shape index (κ2) is 10.3. The molecule has 1 aromatic rings. The molecular weight excluding hydrogens is 350 g/mol. The van der Waals surface area contributed by atoms with E-state index >= 15 is 0 Å². The molecule has 1 saturated heterocycles. The third-order valence-corrected chi connectivity index (χ3v) is 5.77. The molecular formula is C23H33N3O2. The first-order chi connectivity index (χ1) is 13.7. The number of urea groups is 1. The van der Waals surface area contributed by atoms with E-state index in [-0.39, 0.29) is 17.9 Å². The largest absolute Gasteiger partial charge is 0.352 e. The van der Waals surface area contributed by atoms with Gasteiger partial charge in [0.2, 0.25) is 0 Å². The van der Waals surface area contributed by atoms with Gasteiger partial charge in [-0.2, -0.15) is 0 Å². The van der Waals surface area contributed by atoms with Crippen molar-refractivity contribution in [3.63, 3.8) is 0 Å². The van der Waals surface area contributed by atoms with Crippen molar-refractivity contribution < 1.29 is 9.59 Å². The minimum Gasteiger partial charge on any atom is -0.352 e. The van der Waals surface area contributed by atoms with Crippen LogP contribution in [-0.2, 0) is 0 Å². The molecule has 5 nitrogen and oxygen atoms in total. The summed E-state index contributed by atoms with van der Waals surface area (Å²) in [6, 6.07) is 7.93. The zero-order chi connectivity index (χ0) is 19.8. The molecule has 2 aliphatic rings. The van der Waals surface area contributed by atoms with Crippen molar-refractivity contribution >= 4 is 11.9 Å². The molecule has 28 heavy (non-hydrogen) atoms. The SMILES string of the molecule is CCNC(=O)N1CCC[C@H](c2cccc(C(=O)NCCC3=CCCCC3)c2)C1. The van der Waals surface area contributed by atoms with Crippen LogP contribution in [-0.4, -0.2) is 43.0 Å². The highest BCUT2D eigenvalue weighted by Crippen LogP contribution is 2.27. The average Bonchev–Trinajstić information content (AvgIpc) is 2.75. The van der Waals surface area contributed by atoms with Crippen molar-refractivity contribution in [3.8, 4) is 0 Å². The van der Waals surface area contributed by atoms with Gasteiger partial charge in [-0.05, 0) is 69.6 Å². The number of piperidine rings is 1. The van der Waals surface area contributed by atoms with E-state index in [0.717, 1.165) is 31.4 Å². The first kappa shape index (κ1) is 20.4. The number of likely N-dealkylation sites (tertiary alicyclic amines) is 1. The first-order valence-electron chi connectivity index (χ1n) is 10.8. The maximum absolute atomic E-state index is 12.6. The minimum absolute atomic E-state index is 0.00495. The molecule has 0 bridgehead atoms. The van der Waals surface area contributed by atoms with Gasteiger partial charge in [-0.3, -0.25) is 4.79 Å². The van der Waals surface area contributed by atoms with Gasteiger partial charge in [0.1, 0.15) is 0 Å². The Morgan fingerprint density at radius 2 is 2.07 bits per heavy atom. The van der Waals surface area contributed by atoms with Crippen LogP contribution < -0.4 is 10.6 Å². The smallest absolute Gasteiger partial charge is 0.317 e. The van der Waals surface area contributed by atoms with Crippen LogP contribution in [0.15, 0.2) is 35.9 Å². The van der Waals surface area contributed by atoms with E-state index in [1.807, 2.05) is 30.0 Å². The summed E-state index contributed by atoms with van der Waals surface area (Å²) in [5, 5.41) is 5.95. The number of allylic oxidation sites excluding steroid dienone is 1. The molecule has 0 spiro atoms. The number of benzene rings is 1. The second-order valence-electron chi connectivity index (χ2n) is 7.86. The number of nitrogens with zero attached hydrogens (tertiary/aromatic N) is 1. The Bertz CT molecular complexity index is 714. The van der Waals surface area contributed by atoms with Crippen molar-refractivity contribution in [3.05, 3.63) is 47.0 Å². The van der Waals surface area contributed by atoms with Gasteiger partial charge >= 0.3 is 6.03 Å². The number of hydrogen-bond acceptors (Lipinski definition) is 2. The highest BCUT2D eigenvalue weighted by molar-refractivity contribution is 5.94. The van der Waals surface area contributed by atoms with Crippen molar-refractivity contribution in [1.82, 2.24) is 15.5 Å². The van der Waals surface area contributed by atoms with Gasteiger partial charge in [0.15, 0.2) is 0 Å². The molecule has 152 valence electrons. The average molecular weight is 384 g/mol. The summed E-state index contributed by atoms with van der Waals surface area (Å²) in [5.74, 6) is 0.283. The number of carbonyl (C=O) groups excluding carboxylic acids is 2. The molecule has 0 unspecified atom stereocenters. The van der Waals surface area contributed by atoms with Crippen LogP contribution in [0.5, 0.6) is 0 Å². The lowest BCUT2D eigenvalue weighted by Crippen LogP contribution is -2.44.